The normalized spacial score (nSPS) is 10.6. The molecule has 0 aliphatic heterocycles. The van der Waals surface area contributed by atoms with Gasteiger partial charge in [-0.15, -0.1) is 0 Å². The lowest BCUT2D eigenvalue weighted by Gasteiger charge is -2.12. The zero-order chi connectivity index (χ0) is 17.4. The van der Waals surface area contributed by atoms with Gasteiger partial charge >= 0.3 is 0 Å². The molecule has 0 amide bonds. The van der Waals surface area contributed by atoms with Crippen molar-refractivity contribution in [3.8, 4) is 5.75 Å². The second-order valence-electron chi connectivity index (χ2n) is 4.84. The van der Waals surface area contributed by atoms with Gasteiger partial charge < -0.3 is 10.1 Å². The van der Waals surface area contributed by atoms with E-state index in [-0.39, 0.29) is 0 Å². The summed E-state index contributed by atoms with van der Waals surface area (Å²) in [5, 5.41) is 8.16. The summed E-state index contributed by atoms with van der Waals surface area (Å²) in [6, 6.07) is 13.5. The highest BCUT2D eigenvalue weighted by atomic mass is 35.5. The predicted octanol–water partition coefficient (Wildman–Crippen LogP) is 4.04. The Labute approximate surface area is 156 Å². The van der Waals surface area contributed by atoms with E-state index in [9.17, 15) is 0 Å². The zero-order valence-electron chi connectivity index (χ0n) is 13.1. The van der Waals surface area contributed by atoms with Crippen LogP contribution in [0.15, 0.2) is 47.6 Å². The second kappa shape index (κ2) is 9.47. The third-order valence-corrected chi connectivity index (χ3v) is 3.91. The van der Waals surface area contributed by atoms with Gasteiger partial charge in [0.2, 0.25) is 0 Å². The first-order chi connectivity index (χ1) is 11.6. The molecule has 2 rings (SSSR count). The molecule has 0 fully saturated rings. The molecule has 2 N–H and O–H groups in total. The van der Waals surface area contributed by atoms with Crippen molar-refractivity contribution in [1.82, 2.24) is 10.7 Å². The van der Waals surface area contributed by atoms with E-state index in [1.165, 1.54) is 5.56 Å². The fraction of sp³-hybridized carbons (Fsp3) is 0.176. The standard InChI is InChI=1S/C17H17Cl2N3OS/c1-20-17(24)22-21-11-13-9-14(18)10-15(19)16(13)23-8-7-12-5-3-2-4-6-12/h2-6,9-11H,7-8H2,1H3,(H2,20,22,24)/b21-11-. The maximum absolute atomic E-state index is 6.26. The number of hydrogen-bond donors (Lipinski definition) is 2. The van der Waals surface area contributed by atoms with Crippen LogP contribution in [0.4, 0.5) is 0 Å². The molecular formula is C17H17Cl2N3OS. The topological polar surface area (TPSA) is 45.7 Å². The summed E-state index contributed by atoms with van der Waals surface area (Å²) in [6.45, 7) is 0.495. The summed E-state index contributed by atoms with van der Waals surface area (Å²) in [7, 11) is 1.71. The van der Waals surface area contributed by atoms with E-state index < -0.39 is 0 Å². The van der Waals surface area contributed by atoms with Crippen LogP contribution in [-0.4, -0.2) is 25.0 Å². The number of halogens is 2. The molecular weight excluding hydrogens is 365 g/mol. The Hall–Kier alpha value is -1.82. The summed E-state index contributed by atoms with van der Waals surface area (Å²) >= 11 is 17.3. The van der Waals surface area contributed by atoms with Gasteiger partial charge in [-0.1, -0.05) is 53.5 Å². The minimum absolute atomic E-state index is 0.408. The van der Waals surface area contributed by atoms with Crippen molar-refractivity contribution in [2.45, 2.75) is 6.42 Å². The van der Waals surface area contributed by atoms with E-state index in [1.54, 1.807) is 25.4 Å². The van der Waals surface area contributed by atoms with E-state index in [4.69, 9.17) is 40.2 Å². The Morgan fingerprint density at radius 3 is 2.71 bits per heavy atom. The average Bonchev–Trinajstić information content (AvgIpc) is 2.57. The van der Waals surface area contributed by atoms with Crippen molar-refractivity contribution in [1.29, 1.82) is 0 Å². The first kappa shape index (κ1) is 18.5. The second-order valence-corrected chi connectivity index (χ2v) is 6.09. The minimum atomic E-state index is 0.408. The van der Waals surface area contributed by atoms with Crippen LogP contribution in [0.5, 0.6) is 5.75 Å². The van der Waals surface area contributed by atoms with Gasteiger partial charge in [-0.2, -0.15) is 5.10 Å². The molecule has 0 radical (unpaired) electrons. The van der Waals surface area contributed by atoms with Gasteiger partial charge in [-0.3, -0.25) is 5.43 Å². The number of benzene rings is 2. The fourth-order valence-electron chi connectivity index (χ4n) is 1.96. The number of hydrazone groups is 1. The van der Waals surface area contributed by atoms with Crippen molar-refractivity contribution in [2.24, 2.45) is 5.10 Å². The van der Waals surface area contributed by atoms with Crippen LogP contribution in [0.1, 0.15) is 11.1 Å². The van der Waals surface area contributed by atoms with Gasteiger partial charge in [0.05, 0.1) is 17.8 Å². The molecule has 0 unspecified atom stereocenters. The number of hydrogen-bond acceptors (Lipinski definition) is 3. The highest BCUT2D eigenvalue weighted by Gasteiger charge is 2.10. The van der Waals surface area contributed by atoms with Gasteiger partial charge in [0.15, 0.2) is 5.11 Å². The number of ether oxygens (including phenoxy) is 1. The summed E-state index contributed by atoms with van der Waals surface area (Å²) in [5.74, 6) is 0.540. The third-order valence-electron chi connectivity index (χ3n) is 3.11. The molecule has 24 heavy (non-hydrogen) atoms. The Balaban J connectivity index is 2.08. The zero-order valence-corrected chi connectivity index (χ0v) is 15.4. The smallest absolute Gasteiger partial charge is 0.186 e. The molecule has 0 saturated heterocycles. The Morgan fingerprint density at radius 2 is 2.00 bits per heavy atom. The number of nitrogens with one attached hydrogen (secondary N) is 2. The SMILES string of the molecule is CNC(=S)N/N=C\c1cc(Cl)cc(Cl)c1OCCc1ccccc1. The van der Waals surface area contributed by atoms with E-state index >= 15 is 0 Å². The Bertz CT molecular complexity index is 723. The number of nitrogens with zero attached hydrogens (tertiary/aromatic N) is 1. The lowest BCUT2D eigenvalue weighted by Crippen LogP contribution is -2.28. The highest BCUT2D eigenvalue weighted by molar-refractivity contribution is 7.80. The maximum atomic E-state index is 6.26. The maximum Gasteiger partial charge on any atom is 0.186 e. The van der Waals surface area contributed by atoms with Crippen molar-refractivity contribution >= 4 is 46.7 Å². The molecule has 0 spiro atoms. The minimum Gasteiger partial charge on any atom is -0.491 e. The molecule has 0 aliphatic rings. The molecule has 0 aromatic heterocycles. The molecule has 4 nitrogen and oxygen atoms in total. The van der Waals surface area contributed by atoms with Crippen molar-refractivity contribution < 1.29 is 4.74 Å². The molecule has 0 aliphatic carbocycles. The molecule has 126 valence electrons. The molecule has 0 atom stereocenters. The number of thiocarbonyl (C=S) groups is 1. The fourth-order valence-corrected chi connectivity index (χ4v) is 2.58. The lowest BCUT2D eigenvalue weighted by atomic mass is 10.1. The lowest BCUT2D eigenvalue weighted by molar-refractivity contribution is 0.321. The van der Waals surface area contributed by atoms with Crippen LogP contribution < -0.4 is 15.5 Å². The highest BCUT2D eigenvalue weighted by Crippen LogP contribution is 2.31. The van der Waals surface area contributed by atoms with Crippen molar-refractivity contribution in [2.75, 3.05) is 13.7 Å². The van der Waals surface area contributed by atoms with Gasteiger partial charge in [0.25, 0.3) is 0 Å². The van der Waals surface area contributed by atoms with Crippen LogP contribution in [0, 0.1) is 0 Å². The molecule has 2 aromatic rings. The summed E-state index contributed by atoms with van der Waals surface area (Å²) in [4.78, 5) is 0. The predicted molar refractivity (Wildman–Crippen MR) is 104 cm³/mol. The first-order valence-corrected chi connectivity index (χ1v) is 8.43. The molecule has 7 heteroatoms. The third kappa shape index (κ3) is 5.67. The Kier molecular flexibility index (Phi) is 7.31. The Morgan fingerprint density at radius 1 is 1.25 bits per heavy atom. The molecule has 0 bridgehead atoms. The van der Waals surface area contributed by atoms with E-state index in [1.807, 2.05) is 18.2 Å². The van der Waals surface area contributed by atoms with Crippen molar-refractivity contribution in [3.05, 3.63) is 63.6 Å². The van der Waals surface area contributed by atoms with Crippen LogP contribution in [0.25, 0.3) is 0 Å². The molecule has 0 saturated carbocycles. The van der Waals surface area contributed by atoms with Crippen LogP contribution in [-0.2, 0) is 6.42 Å². The van der Waals surface area contributed by atoms with Gasteiger partial charge in [-0.05, 0) is 29.9 Å². The van der Waals surface area contributed by atoms with Crippen LogP contribution in [0.3, 0.4) is 0 Å². The van der Waals surface area contributed by atoms with Gasteiger partial charge in [0.1, 0.15) is 5.75 Å². The van der Waals surface area contributed by atoms with E-state index in [0.29, 0.717) is 33.1 Å². The van der Waals surface area contributed by atoms with E-state index in [2.05, 4.69) is 28.0 Å². The molecule has 2 aromatic carbocycles. The van der Waals surface area contributed by atoms with Crippen molar-refractivity contribution in [3.63, 3.8) is 0 Å². The molecule has 0 heterocycles. The average molecular weight is 382 g/mol. The summed E-state index contributed by atoms with van der Waals surface area (Å²) < 4.78 is 5.85. The summed E-state index contributed by atoms with van der Waals surface area (Å²) in [6.07, 6.45) is 2.34. The monoisotopic (exact) mass is 381 g/mol. The largest absolute Gasteiger partial charge is 0.491 e. The van der Waals surface area contributed by atoms with Crippen LogP contribution >= 0.6 is 35.4 Å². The summed E-state index contributed by atoms with van der Waals surface area (Å²) in [5.41, 5.74) is 4.54. The van der Waals surface area contributed by atoms with E-state index in [0.717, 1.165) is 6.42 Å². The van der Waals surface area contributed by atoms with Gasteiger partial charge in [-0.25, -0.2) is 0 Å². The van der Waals surface area contributed by atoms with Gasteiger partial charge in [0, 0.05) is 24.1 Å². The number of rotatable bonds is 6. The van der Waals surface area contributed by atoms with Crippen LogP contribution in [0.2, 0.25) is 10.0 Å². The first-order valence-electron chi connectivity index (χ1n) is 7.26. The quantitative estimate of drug-likeness (QED) is 0.450.